The highest BCUT2D eigenvalue weighted by molar-refractivity contribution is 5.75. The van der Waals surface area contributed by atoms with Crippen LogP contribution in [0, 0.1) is 13.8 Å². The molecule has 0 bridgehead atoms. The summed E-state index contributed by atoms with van der Waals surface area (Å²) in [6.45, 7) is 11.9. The average molecular weight is 207 g/mol. The molecule has 0 saturated carbocycles. The number of hydrogen-bond donors (Lipinski definition) is 0. The van der Waals surface area contributed by atoms with Crippen LogP contribution in [0.5, 0.6) is 0 Å². The van der Waals surface area contributed by atoms with Gasteiger partial charge in [0.2, 0.25) is 0 Å². The Bertz CT molecular complexity index is 390. The highest BCUT2D eigenvalue weighted by atomic mass is 16.3. The molecule has 0 spiro atoms. The second-order valence-corrected chi connectivity index (χ2v) is 2.66. The highest BCUT2D eigenvalue weighted by Crippen LogP contribution is 2.18. The molecule has 1 aromatic heterocycles. The number of nitrogens with zero attached hydrogens (tertiary/aromatic N) is 1. The fourth-order valence-electron chi connectivity index (χ4n) is 1.20. The maximum Gasteiger partial charge on any atom is 0.192 e. The molecule has 15 heavy (non-hydrogen) atoms. The predicted octanol–water partition coefficient (Wildman–Crippen LogP) is 4.50. The molecule has 0 saturated heterocycles. The molecular formula is C13H21NO. The minimum atomic E-state index is 0.731. The highest BCUT2D eigenvalue weighted by Gasteiger charge is 2.02. The third kappa shape index (κ3) is 3.39. The van der Waals surface area contributed by atoms with Gasteiger partial charge in [0.15, 0.2) is 11.5 Å². The fourth-order valence-corrected chi connectivity index (χ4v) is 1.20. The third-order valence-electron chi connectivity index (χ3n) is 1.72. The Kier molecular flexibility index (Phi) is 6.43. The number of aryl methyl sites for hydroxylation is 2. The van der Waals surface area contributed by atoms with Gasteiger partial charge >= 0.3 is 0 Å². The first kappa shape index (κ1) is 13.7. The van der Waals surface area contributed by atoms with E-state index >= 15 is 0 Å². The molecule has 0 amide bonds. The molecule has 2 nitrogen and oxygen atoms in total. The fraction of sp³-hybridized carbons (Fsp3) is 0.462. The second-order valence-electron chi connectivity index (χ2n) is 2.66. The van der Waals surface area contributed by atoms with Crippen LogP contribution in [0.25, 0.3) is 11.1 Å². The van der Waals surface area contributed by atoms with Gasteiger partial charge in [-0.25, -0.2) is 4.98 Å². The van der Waals surface area contributed by atoms with Crippen molar-refractivity contribution in [2.45, 2.75) is 41.5 Å². The number of rotatable bonds is 0. The molecule has 0 aliphatic carbocycles. The maximum atomic E-state index is 5.39. The normalized spacial score (nSPS) is 8.67. The van der Waals surface area contributed by atoms with Crippen LogP contribution in [0.3, 0.4) is 0 Å². The number of aromatic nitrogens is 1. The Hall–Kier alpha value is -1.31. The lowest BCUT2D eigenvalue weighted by atomic mass is 10.2. The Balaban J connectivity index is 0.000000442. The standard InChI is InChI=1S/C9H9NO.2C2H6/c1-6-4-3-5-8-9(6)11-7(2)10-8;2*1-2/h3-5H,1-2H3;2*1-2H3. The number of benzene rings is 1. The Morgan fingerprint density at radius 3 is 2.13 bits per heavy atom. The van der Waals surface area contributed by atoms with Crippen molar-refractivity contribution in [3.8, 4) is 0 Å². The van der Waals surface area contributed by atoms with Crippen LogP contribution >= 0.6 is 0 Å². The van der Waals surface area contributed by atoms with Gasteiger partial charge < -0.3 is 4.42 Å². The molecule has 0 unspecified atom stereocenters. The summed E-state index contributed by atoms with van der Waals surface area (Å²) in [6, 6.07) is 5.96. The molecule has 1 heterocycles. The van der Waals surface area contributed by atoms with Gasteiger partial charge in [-0.3, -0.25) is 0 Å². The van der Waals surface area contributed by atoms with Crippen molar-refractivity contribution < 1.29 is 4.42 Å². The minimum Gasteiger partial charge on any atom is -0.441 e. The first-order chi connectivity index (χ1) is 7.27. The van der Waals surface area contributed by atoms with Gasteiger partial charge in [-0.05, 0) is 18.6 Å². The minimum absolute atomic E-state index is 0.731. The summed E-state index contributed by atoms with van der Waals surface area (Å²) in [5.41, 5.74) is 3.00. The Labute approximate surface area is 92.3 Å². The van der Waals surface area contributed by atoms with Crippen LogP contribution in [0.2, 0.25) is 0 Å². The van der Waals surface area contributed by atoms with Crippen LogP contribution in [0.15, 0.2) is 22.6 Å². The first-order valence-corrected chi connectivity index (χ1v) is 5.60. The molecule has 2 heteroatoms. The first-order valence-electron chi connectivity index (χ1n) is 5.60. The summed E-state index contributed by atoms with van der Waals surface area (Å²) < 4.78 is 5.39. The molecule has 0 radical (unpaired) electrons. The summed E-state index contributed by atoms with van der Waals surface area (Å²) in [4.78, 5) is 4.21. The number of fused-ring (bicyclic) bond motifs is 1. The van der Waals surface area contributed by atoms with Crippen LogP contribution < -0.4 is 0 Å². The molecule has 0 atom stereocenters. The molecule has 0 N–H and O–H groups in total. The van der Waals surface area contributed by atoms with E-state index in [4.69, 9.17) is 4.42 Å². The summed E-state index contributed by atoms with van der Waals surface area (Å²) in [5.74, 6) is 0.731. The molecular weight excluding hydrogens is 186 g/mol. The average Bonchev–Trinajstić information content (AvgIpc) is 2.66. The SMILES string of the molecule is CC.CC.Cc1nc2cccc(C)c2o1. The smallest absolute Gasteiger partial charge is 0.192 e. The van der Waals surface area contributed by atoms with Gasteiger partial charge in [0.1, 0.15) is 5.52 Å². The summed E-state index contributed by atoms with van der Waals surface area (Å²) >= 11 is 0. The quantitative estimate of drug-likeness (QED) is 0.635. The maximum absolute atomic E-state index is 5.39. The predicted molar refractivity (Wildman–Crippen MR) is 66.2 cm³/mol. The lowest BCUT2D eigenvalue weighted by molar-refractivity contribution is 0.559. The van der Waals surface area contributed by atoms with Crippen molar-refractivity contribution in [3.63, 3.8) is 0 Å². The van der Waals surface area contributed by atoms with E-state index < -0.39 is 0 Å². The monoisotopic (exact) mass is 207 g/mol. The lowest BCUT2D eigenvalue weighted by Gasteiger charge is -1.89. The summed E-state index contributed by atoms with van der Waals surface area (Å²) in [5, 5.41) is 0. The zero-order chi connectivity index (χ0) is 11.8. The van der Waals surface area contributed by atoms with Crippen LogP contribution in [-0.2, 0) is 0 Å². The third-order valence-corrected chi connectivity index (χ3v) is 1.72. The van der Waals surface area contributed by atoms with E-state index in [1.54, 1.807) is 0 Å². The number of para-hydroxylation sites is 1. The van der Waals surface area contributed by atoms with E-state index in [-0.39, 0.29) is 0 Å². The van der Waals surface area contributed by atoms with Gasteiger partial charge in [-0.15, -0.1) is 0 Å². The molecule has 0 aliphatic heterocycles. The largest absolute Gasteiger partial charge is 0.441 e. The van der Waals surface area contributed by atoms with Gasteiger partial charge in [0.25, 0.3) is 0 Å². The number of oxazole rings is 1. The van der Waals surface area contributed by atoms with E-state index in [2.05, 4.69) is 4.98 Å². The van der Waals surface area contributed by atoms with Crippen molar-refractivity contribution in [1.29, 1.82) is 0 Å². The van der Waals surface area contributed by atoms with E-state index in [1.807, 2.05) is 59.7 Å². The zero-order valence-electron chi connectivity index (χ0n) is 10.6. The van der Waals surface area contributed by atoms with Crippen molar-refractivity contribution in [2.24, 2.45) is 0 Å². The van der Waals surface area contributed by atoms with Crippen LogP contribution in [0.4, 0.5) is 0 Å². The Morgan fingerprint density at radius 1 is 1.00 bits per heavy atom. The van der Waals surface area contributed by atoms with E-state index in [0.717, 1.165) is 22.6 Å². The molecule has 2 rings (SSSR count). The molecule has 0 fully saturated rings. The molecule has 0 aliphatic rings. The van der Waals surface area contributed by atoms with Crippen molar-refractivity contribution in [1.82, 2.24) is 4.98 Å². The lowest BCUT2D eigenvalue weighted by Crippen LogP contribution is -1.71. The van der Waals surface area contributed by atoms with Crippen molar-refractivity contribution in [3.05, 3.63) is 29.7 Å². The molecule has 2 aromatic rings. The van der Waals surface area contributed by atoms with Crippen molar-refractivity contribution >= 4 is 11.1 Å². The van der Waals surface area contributed by atoms with Crippen LogP contribution in [-0.4, -0.2) is 4.98 Å². The summed E-state index contributed by atoms with van der Waals surface area (Å²) in [6.07, 6.45) is 0. The number of hydrogen-bond acceptors (Lipinski definition) is 2. The van der Waals surface area contributed by atoms with Gasteiger partial charge in [0.05, 0.1) is 0 Å². The van der Waals surface area contributed by atoms with E-state index in [9.17, 15) is 0 Å². The second kappa shape index (κ2) is 7.04. The Morgan fingerprint density at radius 2 is 1.60 bits per heavy atom. The zero-order valence-corrected chi connectivity index (χ0v) is 10.6. The van der Waals surface area contributed by atoms with Crippen LogP contribution in [0.1, 0.15) is 39.1 Å². The molecule has 1 aromatic carbocycles. The van der Waals surface area contributed by atoms with Crippen molar-refractivity contribution in [2.75, 3.05) is 0 Å². The van der Waals surface area contributed by atoms with E-state index in [0.29, 0.717) is 0 Å². The molecule has 84 valence electrons. The van der Waals surface area contributed by atoms with Gasteiger partial charge in [-0.2, -0.15) is 0 Å². The van der Waals surface area contributed by atoms with E-state index in [1.165, 1.54) is 0 Å². The topological polar surface area (TPSA) is 26.0 Å². The van der Waals surface area contributed by atoms with Gasteiger partial charge in [-0.1, -0.05) is 39.8 Å². The summed E-state index contributed by atoms with van der Waals surface area (Å²) in [7, 11) is 0. The van der Waals surface area contributed by atoms with Gasteiger partial charge in [0, 0.05) is 6.92 Å².